The molecule has 1 aliphatic carbocycles. The lowest BCUT2D eigenvalue weighted by atomic mass is 9.85. The van der Waals surface area contributed by atoms with Gasteiger partial charge in [0.1, 0.15) is 5.01 Å². The summed E-state index contributed by atoms with van der Waals surface area (Å²) in [4.78, 5) is 36.4. The van der Waals surface area contributed by atoms with Crippen LogP contribution < -0.4 is 0 Å². The summed E-state index contributed by atoms with van der Waals surface area (Å²) in [5, 5.41) is 1.15. The van der Waals surface area contributed by atoms with Gasteiger partial charge in [-0.15, -0.1) is 11.3 Å². The second-order valence-electron chi connectivity index (χ2n) is 8.25. The molecule has 1 aromatic heterocycles. The van der Waals surface area contributed by atoms with E-state index in [2.05, 4.69) is 34.9 Å². The smallest absolute Gasteiger partial charge is 0.234 e. The minimum Gasteiger partial charge on any atom is -0.292 e. The Morgan fingerprint density at radius 3 is 2.34 bits per heavy atom. The van der Waals surface area contributed by atoms with E-state index >= 15 is 0 Å². The number of thiazole rings is 1. The summed E-state index contributed by atoms with van der Waals surface area (Å²) in [7, 11) is 0. The number of imide groups is 1. The fourth-order valence-corrected chi connectivity index (χ4v) is 5.78. The van der Waals surface area contributed by atoms with Crippen molar-refractivity contribution < 1.29 is 9.59 Å². The number of rotatable bonds is 4. The Labute approximate surface area is 174 Å². The van der Waals surface area contributed by atoms with Crippen LogP contribution >= 0.6 is 11.3 Å². The van der Waals surface area contributed by atoms with Crippen LogP contribution in [0.5, 0.6) is 0 Å². The van der Waals surface area contributed by atoms with Gasteiger partial charge in [0.2, 0.25) is 11.8 Å². The molecule has 0 saturated carbocycles. The van der Waals surface area contributed by atoms with E-state index in [9.17, 15) is 9.59 Å². The fraction of sp³-hybridized carbons (Fsp3) is 0.500. The number of aromatic nitrogens is 1. The molecule has 3 aliphatic rings. The van der Waals surface area contributed by atoms with Gasteiger partial charge in [0.15, 0.2) is 0 Å². The highest BCUT2D eigenvalue weighted by molar-refractivity contribution is 7.18. The van der Waals surface area contributed by atoms with Gasteiger partial charge in [-0.2, -0.15) is 0 Å². The average molecular weight is 411 g/mol. The zero-order chi connectivity index (χ0) is 20.0. The molecule has 29 heavy (non-hydrogen) atoms. The highest BCUT2D eigenvalue weighted by Gasteiger charge is 2.47. The number of hydrogen-bond acceptors (Lipinski definition) is 6. The summed E-state index contributed by atoms with van der Waals surface area (Å²) in [5.74, 6) is -0.218. The number of amides is 2. The lowest BCUT2D eigenvalue weighted by Crippen LogP contribution is -2.51. The van der Waals surface area contributed by atoms with Crippen LogP contribution in [0.4, 0.5) is 0 Å². The summed E-state index contributed by atoms with van der Waals surface area (Å²) >= 11 is 1.77. The summed E-state index contributed by atoms with van der Waals surface area (Å²) in [6.45, 7) is 6.22. The first-order chi connectivity index (χ1) is 14.1. The number of carbonyl (C=O) groups excluding carboxylic acids is 2. The highest BCUT2D eigenvalue weighted by Crippen LogP contribution is 2.35. The first-order valence-corrected chi connectivity index (χ1v) is 11.3. The molecule has 3 heterocycles. The van der Waals surface area contributed by atoms with Gasteiger partial charge in [-0.25, -0.2) is 4.98 Å². The molecule has 2 fully saturated rings. The van der Waals surface area contributed by atoms with Crippen molar-refractivity contribution in [2.45, 2.75) is 25.8 Å². The maximum absolute atomic E-state index is 12.7. The molecule has 152 valence electrons. The summed E-state index contributed by atoms with van der Waals surface area (Å²) < 4.78 is 1.23. The third kappa shape index (κ3) is 3.41. The first kappa shape index (κ1) is 18.9. The molecule has 7 heteroatoms. The van der Waals surface area contributed by atoms with E-state index in [1.165, 1.54) is 9.60 Å². The molecular formula is C22H26N4O2S. The molecule has 2 aromatic rings. The van der Waals surface area contributed by atoms with Crippen molar-refractivity contribution in [1.29, 1.82) is 0 Å². The standard InChI is InChI=1S/C22H26N4O2S/c1-15(20-23-18-8-4-5-9-19(18)29-20)25-12-10-24(11-13-25)14-26-21(27)16-6-2-3-7-17(16)22(26)28/h2-5,8-9,15-17H,6-7,10-14H2,1H3/t15-,16-,17-/m1/s1. The monoisotopic (exact) mass is 410 g/mol. The second kappa shape index (κ2) is 7.63. The number of allylic oxidation sites excluding steroid dienone is 2. The fourth-order valence-electron chi connectivity index (χ4n) is 4.73. The number of likely N-dealkylation sites (tertiary alicyclic amines) is 1. The summed E-state index contributed by atoms with van der Waals surface area (Å²) in [6.07, 6.45) is 5.49. The van der Waals surface area contributed by atoms with Crippen LogP contribution in [0.3, 0.4) is 0 Å². The van der Waals surface area contributed by atoms with E-state index in [0.717, 1.165) is 36.7 Å². The molecule has 0 N–H and O–H groups in total. The Morgan fingerprint density at radius 1 is 1.03 bits per heavy atom. The minimum atomic E-state index is -0.132. The van der Waals surface area contributed by atoms with Crippen molar-refractivity contribution in [2.75, 3.05) is 32.8 Å². The molecule has 0 unspecified atom stereocenters. The number of para-hydroxylation sites is 1. The first-order valence-electron chi connectivity index (χ1n) is 10.4. The molecule has 2 amide bonds. The van der Waals surface area contributed by atoms with Crippen molar-refractivity contribution in [2.24, 2.45) is 11.8 Å². The van der Waals surface area contributed by atoms with Gasteiger partial charge in [-0.3, -0.25) is 24.3 Å². The van der Waals surface area contributed by atoms with Crippen LogP contribution in [0.15, 0.2) is 36.4 Å². The lowest BCUT2D eigenvalue weighted by molar-refractivity contribution is -0.142. The van der Waals surface area contributed by atoms with Gasteiger partial charge >= 0.3 is 0 Å². The number of fused-ring (bicyclic) bond motifs is 2. The number of carbonyl (C=O) groups is 2. The predicted molar refractivity (Wildman–Crippen MR) is 113 cm³/mol. The third-order valence-corrected chi connectivity index (χ3v) is 7.77. The zero-order valence-electron chi connectivity index (χ0n) is 16.7. The Kier molecular flexibility index (Phi) is 4.97. The molecule has 0 bridgehead atoms. The number of piperazine rings is 1. The Hall–Kier alpha value is -2.09. The molecule has 0 spiro atoms. The average Bonchev–Trinajstić information content (AvgIpc) is 3.29. The Bertz CT molecular complexity index is 904. The van der Waals surface area contributed by atoms with Crippen LogP contribution in [0, 0.1) is 11.8 Å². The molecule has 0 radical (unpaired) electrons. The topological polar surface area (TPSA) is 56.8 Å². The normalized spacial score (nSPS) is 27.0. The van der Waals surface area contributed by atoms with Gasteiger partial charge in [-0.05, 0) is 31.9 Å². The van der Waals surface area contributed by atoms with Gasteiger partial charge in [0.25, 0.3) is 0 Å². The predicted octanol–water partition coefficient (Wildman–Crippen LogP) is 2.88. The maximum Gasteiger partial charge on any atom is 0.234 e. The van der Waals surface area contributed by atoms with Crippen molar-refractivity contribution in [1.82, 2.24) is 19.7 Å². The Morgan fingerprint density at radius 2 is 1.69 bits per heavy atom. The summed E-state index contributed by atoms with van der Waals surface area (Å²) in [6, 6.07) is 8.55. The van der Waals surface area contributed by atoms with E-state index in [0.29, 0.717) is 19.5 Å². The molecule has 6 nitrogen and oxygen atoms in total. The van der Waals surface area contributed by atoms with E-state index in [4.69, 9.17) is 4.98 Å². The zero-order valence-corrected chi connectivity index (χ0v) is 17.5. The van der Waals surface area contributed by atoms with E-state index in [1.54, 1.807) is 11.3 Å². The van der Waals surface area contributed by atoms with Crippen LogP contribution in [-0.4, -0.2) is 64.3 Å². The van der Waals surface area contributed by atoms with Crippen LogP contribution in [-0.2, 0) is 9.59 Å². The lowest BCUT2D eigenvalue weighted by Gasteiger charge is -2.38. The van der Waals surface area contributed by atoms with Crippen molar-refractivity contribution in [3.8, 4) is 0 Å². The van der Waals surface area contributed by atoms with Gasteiger partial charge < -0.3 is 0 Å². The molecule has 2 saturated heterocycles. The van der Waals surface area contributed by atoms with Crippen molar-refractivity contribution >= 4 is 33.4 Å². The van der Waals surface area contributed by atoms with E-state index in [1.807, 2.05) is 18.2 Å². The SMILES string of the molecule is C[C@H](c1nc2ccccc2s1)N1CCN(CN2C(=O)[C@@H]3CC=CC[C@H]3C2=O)CC1. The van der Waals surface area contributed by atoms with Crippen molar-refractivity contribution in [3.63, 3.8) is 0 Å². The van der Waals surface area contributed by atoms with E-state index < -0.39 is 0 Å². The highest BCUT2D eigenvalue weighted by atomic mass is 32.1. The second-order valence-corrected chi connectivity index (χ2v) is 9.31. The molecule has 2 aliphatic heterocycles. The van der Waals surface area contributed by atoms with Crippen molar-refractivity contribution in [3.05, 3.63) is 41.4 Å². The van der Waals surface area contributed by atoms with Gasteiger partial charge in [0.05, 0.1) is 34.8 Å². The van der Waals surface area contributed by atoms with Gasteiger partial charge in [-0.1, -0.05) is 24.3 Å². The van der Waals surface area contributed by atoms with E-state index in [-0.39, 0.29) is 29.7 Å². The molecule has 1 aromatic carbocycles. The van der Waals surface area contributed by atoms with Crippen LogP contribution in [0.1, 0.15) is 30.8 Å². The van der Waals surface area contributed by atoms with Crippen LogP contribution in [0.25, 0.3) is 10.2 Å². The number of hydrogen-bond donors (Lipinski definition) is 0. The van der Waals surface area contributed by atoms with Crippen LogP contribution in [0.2, 0.25) is 0 Å². The summed E-state index contributed by atoms with van der Waals surface area (Å²) in [5.41, 5.74) is 1.07. The largest absolute Gasteiger partial charge is 0.292 e. The van der Waals surface area contributed by atoms with Gasteiger partial charge in [0, 0.05) is 26.2 Å². The maximum atomic E-state index is 12.7. The Balaban J connectivity index is 1.19. The number of benzene rings is 1. The number of nitrogens with zero attached hydrogens (tertiary/aromatic N) is 4. The minimum absolute atomic E-state index is 0.0228. The molecule has 3 atom stereocenters. The third-order valence-electron chi connectivity index (χ3n) is 6.56. The molecular weight excluding hydrogens is 384 g/mol. The molecule has 5 rings (SSSR count). The quantitative estimate of drug-likeness (QED) is 0.573.